The minimum absolute atomic E-state index is 0.165. The van der Waals surface area contributed by atoms with Crippen LogP contribution in [0.1, 0.15) is 46.5 Å². The van der Waals surface area contributed by atoms with E-state index < -0.39 is 10.0 Å². The van der Waals surface area contributed by atoms with Crippen LogP contribution in [0, 0.1) is 11.8 Å². The van der Waals surface area contributed by atoms with E-state index in [4.69, 9.17) is 0 Å². The van der Waals surface area contributed by atoms with Gasteiger partial charge in [0.15, 0.2) is 0 Å². The minimum Gasteiger partial charge on any atom is -0.314 e. The normalized spacial score (nSPS) is 29.4. The summed E-state index contributed by atoms with van der Waals surface area (Å²) in [5.41, 5.74) is 0. The molecular weight excluding hydrogens is 248 g/mol. The van der Waals surface area contributed by atoms with E-state index in [1.165, 1.54) is 19.3 Å². The molecule has 2 N–H and O–H groups in total. The lowest BCUT2D eigenvalue weighted by atomic mass is 9.80. The second-order valence-electron chi connectivity index (χ2n) is 5.72. The van der Waals surface area contributed by atoms with Gasteiger partial charge >= 0.3 is 0 Å². The molecule has 108 valence electrons. The second kappa shape index (κ2) is 7.46. The predicted molar refractivity (Wildman–Crippen MR) is 76.1 cm³/mol. The summed E-state index contributed by atoms with van der Waals surface area (Å²) in [6.45, 7) is 7.74. The molecule has 0 bridgehead atoms. The van der Waals surface area contributed by atoms with Gasteiger partial charge in [-0.25, -0.2) is 13.1 Å². The molecule has 0 aliphatic heterocycles. The molecule has 0 aromatic heterocycles. The summed E-state index contributed by atoms with van der Waals surface area (Å²) in [6, 6.07) is 0.617. The number of nitrogens with one attached hydrogen (secondary N) is 2. The van der Waals surface area contributed by atoms with Crippen molar-refractivity contribution in [3.05, 3.63) is 0 Å². The first-order chi connectivity index (χ1) is 8.43. The lowest BCUT2D eigenvalue weighted by Crippen LogP contribution is -2.38. The molecule has 2 atom stereocenters. The average molecular weight is 276 g/mol. The number of sulfonamides is 1. The quantitative estimate of drug-likeness (QED) is 0.696. The molecule has 0 saturated heterocycles. The van der Waals surface area contributed by atoms with Crippen molar-refractivity contribution in [1.29, 1.82) is 0 Å². The topological polar surface area (TPSA) is 58.2 Å². The summed E-state index contributed by atoms with van der Waals surface area (Å²) in [7, 11) is -3.02. The lowest BCUT2D eigenvalue weighted by molar-refractivity contribution is 0.239. The number of rotatable bonds is 7. The molecule has 0 amide bonds. The van der Waals surface area contributed by atoms with Gasteiger partial charge in [-0.2, -0.15) is 0 Å². The van der Waals surface area contributed by atoms with Gasteiger partial charge in [-0.05, 0) is 51.0 Å². The zero-order valence-corrected chi connectivity index (χ0v) is 12.7. The molecule has 0 spiro atoms. The van der Waals surface area contributed by atoms with Gasteiger partial charge in [0, 0.05) is 12.6 Å². The van der Waals surface area contributed by atoms with Crippen LogP contribution >= 0.6 is 0 Å². The van der Waals surface area contributed by atoms with Crippen LogP contribution in [-0.2, 0) is 10.0 Å². The molecule has 1 fully saturated rings. The van der Waals surface area contributed by atoms with E-state index in [9.17, 15) is 8.42 Å². The SMILES string of the molecule is CCS(=O)(=O)NCCCNC1CC(C)CC(C)C1. The highest BCUT2D eigenvalue weighted by Gasteiger charge is 2.23. The molecule has 1 aliphatic carbocycles. The fourth-order valence-electron chi connectivity index (χ4n) is 2.84. The zero-order chi connectivity index (χ0) is 13.6. The molecule has 0 aromatic carbocycles. The van der Waals surface area contributed by atoms with Gasteiger partial charge in [-0.15, -0.1) is 0 Å². The lowest BCUT2D eigenvalue weighted by Gasteiger charge is -2.32. The van der Waals surface area contributed by atoms with E-state index >= 15 is 0 Å². The number of hydrogen-bond acceptors (Lipinski definition) is 3. The van der Waals surface area contributed by atoms with Gasteiger partial charge in [0.05, 0.1) is 5.75 Å². The maximum Gasteiger partial charge on any atom is 0.211 e. The Morgan fingerprint density at radius 2 is 1.67 bits per heavy atom. The fraction of sp³-hybridized carbons (Fsp3) is 1.00. The van der Waals surface area contributed by atoms with E-state index in [2.05, 4.69) is 23.9 Å². The van der Waals surface area contributed by atoms with Crippen molar-refractivity contribution in [1.82, 2.24) is 10.0 Å². The Labute approximate surface area is 112 Å². The van der Waals surface area contributed by atoms with Gasteiger partial charge in [-0.1, -0.05) is 13.8 Å². The summed E-state index contributed by atoms with van der Waals surface area (Å²) >= 11 is 0. The van der Waals surface area contributed by atoms with E-state index in [0.717, 1.165) is 24.8 Å². The van der Waals surface area contributed by atoms with Gasteiger partial charge in [0.25, 0.3) is 0 Å². The highest BCUT2D eigenvalue weighted by Crippen LogP contribution is 2.28. The first-order valence-electron chi connectivity index (χ1n) is 7.13. The van der Waals surface area contributed by atoms with Crippen LogP contribution in [0.4, 0.5) is 0 Å². The summed E-state index contributed by atoms with van der Waals surface area (Å²) in [4.78, 5) is 0. The Morgan fingerprint density at radius 1 is 1.06 bits per heavy atom. The second-order valence-corrected chi connectivity index (χ2v) is 7.82. The van der Waals surface area contributed by atoms with E-state index in [-0.39, 0.29) is 5.75 Å². The van der Waals surface area contributed by atoms with Crippen LogP contribution < -0.4 is 10.0 Å². The maximum absolute atomic E-state index is 11.2. The molecular formula is C13H28N2O2S. The van der Waals surface area contributed by atoms with Crippen molar-refractivity contribution in [3.63, 3.8) is 0 Å². The molecule has 18 heavy (non-hydrogen) atoms. The van der Waals surface area contributed by atoms with Gasteiger partial charge in [-0.3, -0.25) is 0 Å². The van der Waals surface area contributed by atoms with Gasteiger partial charge in [0.2, 0.25) is 10.0 Å². The van der Waals surface area contributed by atoms with Crippen LogP contribution in [0.25, 0.3) is 0 Å². The molecule has 1 aliphatic rings. The van der Waals surface area contributed by atoms with Crippen LogP contribution in [0.5, 0.6) is 0 Å². The van der Waals surface area contributed by atoms with E-state index in [1.807, 2.05) is 0 Å². The summed E-state index contributed by atoms with van der Waals surface area (Å²) < 4.78 is 25.0. The molecule has 0 heterocycles. The van der Waals surface area contributed by atoms with Crippen molar-refractivity contribution in [2.75, 3.05) is 18.8 Å². The molecule has 0 aromatic rings. The van der Waals surface area contributed by atoms with Crippen LogP contribution in [-0.4, -0.2) is 33.3 Å². The Kier molecular flexibility index (Phi) is 6.60. The third-order valence-corrected chi connectivity index (χ3v) is 5.07. The predicted octanol–water partition coefficient (Wildman–Crippen LogP) is 1.73. The average Bonchev–Trinajstić information content (AvgIpc) is 2.27. The summed E-state index contributed by atoms with van der Waals surface area (Å²) in [6.07, 6.45) is 4.71. The molecule has 4 nitrogen and oxygen atoms in total. The first kappa shape index (κ1) is 15.9. The van der Waals surface area contributed by atoms with Crippen molar-refractivity contribution in [3.8, 4) is 0 Å². The molecule has 1 rings (SSSR count). The van der Waals surface area contributed by atoms with Crippen LogP contribution in [0.15, 0.2) is 0 Å². The first-order valence-corrected chi connectivity index (χ1v) is 8.79. The fourth-order valence-corrected chi connectivity index (χ4v) is 3.50. The summed E-state index contributed by atoms with van der Waals surface area (Å²) in [5, 5.41) is 3.55. The third-order valence-electron chi connectivity index (χ3n) is 3.67. The van der Waals surface area contributed by atoms with Gasteiger partial charge < -0.3 is 5.32 Å². The van der Waals surface area contributed by atoms with E-state index in [0.29, 0.717) is 12.6 Å². The Bertz CT molecular complexity index is 320. The third kappa shape index (κ3) is 6.16. The smallest absolute Gasteiger partial charge is 0.211 e. The standard InChI is InChI=1S/C13H28N2O2S/c1-4-18(16,17)15-7-5-6-14-13-9-11(2)8-12(3)10-13/h11-15H,4-10H2,1-3H3. The van der Waals surface area contributed by atoms with Crippen LogP contribution in [0.2, 0.25) is 0 Å². The van der Waals surface area contributed by atoms with Crippen molar-refractivity contribution in [2.45, 2.75) is 52.5 Å². The Hall–Kier alpha value is -0.130. The Balaban J connectivity index is 2.11. The van der Waals surface area contributed by atoms with Crippen molar-refractivity contribution < 1.29 is 8.42 Å². The largest absolute Gasteiger partial charge is 0.314 e. The van der Waals surface area contributed by atoms with Gasteiger partial charge in [0.1, 0.15) is 0 Å². The van der Waals surface area contributed by atoms with Crippen LogP contribution in [0.3, 0.4) is 0 Å². The number of hydrogen-bond donors (Lipinski definition) is 2. The Morgan fingerprint density at radius 3 is 2.22 bits per heavy atom. The minimum atomic E-state index is -3.02. The van der Waals surface area contributed by atoms with E-state index in [1.54, 1.807) is 6.92 Å². The van der Waals surface area contributed by atoms with Crippen molar-refractivity contribution in [2.24, 2.45) is 11.8 Å². The maximum atomic E-state index is 11.2. The molecule has 2 unspecified atom stereocenters. The highest BCUT2D eigenvalue weighted by molar-refractivity contribution is 7.89. The molecule has 5 heteroatoms. The summed E-state index contributed by atoms with van der Waals surface area (Å²) in [5.74, 6) is 1.78. The zero-order valence-electron chi connectivity index (χ0n) is 11.9. The monoisotopic (exact) mass is 276 g/mol. The molecule has 1 saturated carbocycles. The molecule has 0 radical (unpaired) electrons. The highest BCUT2D eigenvalue weighted by atomic mass is 32.2. The van der Waals surface area contributed by atoms with Crippen molar-refractivity contribution >= 4 is 10.0 Å².